The fraction of sp³-hybridized carbons (Fsp3) is 0.923. The van der Waals surface area contributed by atoms with Crippen molar-refractivity contribution in [3.05, 3.63) is 0 Å². The molecule has 0 bridgehead atoms. The van der Waals surface area contributed by atoms with Crippen molar-refractivity contribution in [1.82, 2.24) is 0 Å². The predicted octanol–water partition coefficient (Wildman–Crippen LogP) is 7.09. The van der Waals surface area contributed by atoms with Crippen LogP contribution in [0, 0.1) is 22.7 Å². The molecule has 4 nitrogen and oxygen atoms in total. The third-order valence-corrected chi connectivity index (χ3v) is 6.02. The second-order valence-corrected chi connectivity index (χ2v) is 11.6. The Morgan fingerprint density at radius 2 is 0.933 bits per heavy atom. The second kappa shape index (κ2) is 13.4. The normalized spacial score (nSPS) is 20.1. The quantitative estimate of drug-likeness (QED) is 0.248. The average Bonchev–Trinajstić information content (AvgIpc) is 2.65. The summed E-state index contributed by atoms with van der Waals surface area (Å²) in [6.07, 6.45) is 11.9. The van der Waals surface area contributed by atoms with Gasteiger partial charge in [-0.15, -0.1) is 0 Å². The highest BCUT2D eigenvalue weighted by molar-refractivity contribution is 5.75. The standard InChI is InChI=1S/C26H48O4/c1-25(2,3)17-9-7-11-19-29-23(27)21-13-15-22(16-14-21)24(28)30-20-12-8-10-18-26(4,5)6/h21-22H,7-20H2,1-6H3. The number of hydrogen-bond donors (Lipinski definition) is 0. The molecular weight excluding hydrogens is 376 g/mol. The second-order valence-electron chi connectivity index (χ2n) is 11.6. The maximum atomic E-state index is 12.3. The van der Waals surface area contributed by atoms with Crippen molar-refractivity contribution in [3.8, 4) is 0 Å². The smallest absolute Gasteiger partial charge is 0.308 e. The molecule has 0 aliphatic heterocycles. The van der Waals surface area contributed by atoms with Crippen molar-refractivity contribution in [2.45, 2.75) is 119 Å². The molecular formula is C26H48O4. The zero-order chi connectivity index (χ0) is 22.6. The summed E-state index contributed by atoms with van der Waals surface area (Å²) in [5, 5.41) is 0. The van der Waals surface area contributed by atoms with E-state index in [0.717, 1.165) is 51.4 Å². The van der Waals surface area contributed by atoms with Gasteiger partial charge in [0.2, 0.25) is 0 Å². The monoisotopic (exact) mass is 424 g/mol. The Morgan fingerprint density at radius 1 is 0.600 bits per heavy atom. The van der Waals surface area contributed by atoms with Crippen LogP contribution in [0.5, 0.6) is 0 Å². The lowest BCUT2D eigenvalue weighted by Gasteiger charge is -2.26. The van der Waals surface area contributed by atoms with Crippen molar-refractivity contribution < 1.29 is 19.1 Å². The minimum Gasteiger partial charge on any atom is -0.465 e. The van der Waals surface area contributed by atoms with Gasteiger partial charge in [0.15, 0.2) is 0 Å². The first kappa shape index (κ1) is 27.0. The van der Waals surface area contributed by atoms with E-state index in [1.165, 1.54) is 25.7 Å². The molecule has 1 rings (SSSR count). The largest absolute Gasteiger partial charge is 0.465 e. The van der Waals surface area contributed by atoms with Crippen LogP contribution in [-0.2, 0) is 19.1 Å². The van der Waals surface area contributed by atoms with Crippen LogP contribution >= 0.6 is 0 Å². The molecule has 30 heavy (non-hydrogen) atoms. The Bertz CT molecular complexity index is 444. The first-order valence-corrected chi connectivity index (χ1v) is 12.3. The van der Waals surface area contributed by atoms with E-state index in [1.54, 1.807) is 0 Å². The fourth-order valence-electron chi connectivity index (χ4n) is 4.01. The summed E-state index contributed by atoms with van der Waals surface area (Å²) >= 11 is 0. The maximum absolute atomic E-state index is 12.3. The molecule has 4 heteroatoms. The van der Waals surface area contributed by atoms with Gasteiger partial charge in [0.05, 0.1) is 25.0 Å². The van der Waals surface area contributed by atoms with Gasteiger partial charge in [-0.1, -0.05) is 67.2 Å². The lowest BCUT2D eigenvalue weighted by atomic mass is 9.82. The first-order valence-electron chi connectivity index (χ1n) is 12.3. The number of ether oxygens (including phenoxy) is 2. The molecule has 1 fully saturated rings. The molecule has 0 spiro atoms. The van der Waals surface area contributed by atoms with E-state index < -0.39 is 0 Å². The Morgan fingerprint density at radius 3 is 1.23 bits per heavy atom. The highest BCUT2D eigenvalue weighted by atomic mass is 16.5. The van der Waals surface area contributed by atoms with Gasteiger partial charge in [-0.25, -0.2) is 0 Å². The van der Waals surface area contributed by atoms with E-state index in [2.05, 4.69) is 41.5 Å². The SMILES string of the molecule is CC(C)(C)CCCCCOC(=O)C1CCC(C(=O)OCCCCCC(C)(C)C)CC1. The van der Waals surface area contributed by atoms with Gasteiger partial charge in [0.25, 0.3) is 0 Å². The fourth-order valence-corrected chi connectivity index (χ4v) is 4.01. The highest BCUT2D eigenvalue weighted by Gasteiger charge is 2.31. The topological polar surface area (TPSA) is 52.6 Å². The predicted molar refractivity (Wildman–Crippen MR) is 123 cm³/mol. The van der Waals surface area contributed by atoms with Crippen molar-refractivity contribution in [3.63, 3.8) is 0 Å². The lowest BCUT2D eigenvalue weighted by molar-refractivity contribution is -0.155. The Kier molecular flexibility index (Phi) is 12.0. The third kappa shape index (κ3) is 13.3. The summed E-state index contributed by atoms with van der Waals surface area (Å²) in [5.41, 5.74) is 0.755. The molecule has 0 radical (unpaired) electrons. The van der Waals surface area contributed by atoms with E-state index in [4.69, 9.17) is 9.47 Å². The Hall–Kier alpha value is -1.06. The van der Waals surface area contributed by atoms with Gasteiger partial charge >= 0.3 is 11.9 Å². The van der Waals surface area contributed by atoms with Crippen LogP contribution in [0.1, 0.15) is 119 Å². The van der Waals surface area contributed by atoms with E-state index in [-0.39, 0.29) is 23.8 Å². The molecule has 0 heterocycles. The molecule has 0 unspecified atom stereocenters. The number of carbonyl (C=O) groups is 2. The maximum Gasteiger partial charge on any atom is 0.308 e. The average molecular weight is 425 g/mol. The Balaban J connectivity index is 2.08. The van der Waals surface area contributed by atoms with Crippen LogP contribution in [0.2, 0.25) is 0 Å². The molecule has 0 N–H and O–H groups in total. The van der Waals surface area contributed by atoms with Crippen LogP contribution in [0.25, 0.3) is 0 Å². The third-order valence-electron chi connectivity index (χ3n) is 6.02. The molecule has 1 aliphatic carbocycles. The minimum absolute atomic E-state index is 0.0407. The summed E-state index contributed by atoms with van der Waals surface area (Å²) in [5.74, 6) is -0.227. The van der Waals surface area contributed by atoms with Crippen LogP contribution in [0.15, 0.2) is 0 Å². The molecule has 0 atom stereocenters. The molecule has 0 aromatic rings. The van der Waals surface area contributed by atoms with E-state index in [9.17, 15) is 9.59 Å². The number of esters is 2. The minimum atomic E-state index is -0.0727. The summed E-state index contributed by atoms with van der Waals surface area (Å²) in [7, 11) is 0. The molecule has 0 amide bonds. The molecule has 176 valence electrons. The van der Waals surface area contributed by atoms with Gasteiger partial charge in [-0.3, -0.25) is 9.59 Å². The van der Waals surface area contributed by atoms with Gasteiger partial charge in [0.1, 0.15) is 0 Å². The summed E-state index contributed by atoms with van der Waals surface area (Å²) in [6.45, 7) is 14.6. The van der Waals surface area contributed by atoms with E-state index >= 15 is 0 Å². The lowest BCUT2D eigenvalue weighted by Crippen LogP contribution is -2.28. The van der Waals surface area contributed by atoms with Crippen molar-refractivity contribution in [2.75, 3.05) is 13.2 Å². The number of carbonyl (C=O) groups excluding carboxylic acids is 2. The zero-order valence-electron chi connectivity index (χ0n) is 20.7. The molecule has 1 aliphatic rings. The molecule has 0 aromatic heterocycles. The van der Waals surface area contributed by atoms with E-state index in [0.29, 0.717) is 24.0 Å². The summed E-state index contributed by atoms with van der Waals surface area (Å²) in [4.78, 5) is 24.5. The van der Waals surface area contributed by atoms with Crippen molar-refractivity contribution in [1.29, 1.82) is 0 Å². The number of rotatable bonds is 12. The van der Waals surface area contributed by atoms with Gasteiger partial charge in [-0.2, -0.15) is 0 Å². The number of hydrogen-bond acceptors (Lipinski definition) is 4. The van der Waals surface area contributed by atoms with Crippen molar-refractivity contribution >= 4 is 11.9 Å². The van der Waals surface area contributed by atoms with Crippen molar-refractivity contribution in [2.24, 2.45) is 22.7 Å². The first-order chi connectivity index (χ1) is 14.0. The van der Waals surface area contributed by atoms with Crippen LogP contribution in [0.4, 0.5) is 0 Å². The van der Waals surface area contributed by atoms with Crippen LogP contribution in [-0.4, -0.2) is 25.2 Å². The summed E-state index contributed by atoms with van der Waals surface area (Å²) < 4.78 is 11.0. The van der Waals surface area contributed by atoms with E-state index in [1.807, 2.05) is 0 Å². The molecule has 1 saturated carbocycles. The zero-order valence-corrected chi connectivity index (χ0v) is 20.7. The molecule has 0 saturated heterocycles. The van der Waals surface area contributed by atoms with Gasteiger partial charge in [-0.05, 0) is 62.2 Å². The van der Waals surface area contributed by atoms with Crippen LogP contribution in [0.3, 0.4) is 0 Å². The summed E-state index contributed by atoms with van der Waals surface area (Å²) in [6, 6.07) is 0. The highest BCUT2D eigenvalue weighted by Crippen LogP contribution is 2.31. The van der Waals surface area contributed by atoms with Gasteiger partial charge < -0.3 is 9.47 Å². The van der Waals surface area contributed by atoms with Gasteiger partial charge in [0, 0.05) is 0 Å². The van der Waals surface area contributed by atoms with Crippen LogP contribution < -0.4 is 0 Å². The number of unbranched alkanes of at least 4 members (excludes halogenated alkanes) is 4. The Labute approximate surface area is 185 Å². The molecule has 0 aromatic carbocycles.